The fourth-order valence-electron chi connectivity index (χ4n) is 5.93. The number of hydrazine groups is 1. The predicted octanol–water partition coefficient (Wildman–Crippen LogP) is 5.10. The lowest BCUT2D eigenvalue weighted by molar-refractivity contribution is -0.154. The Morgan fingerprint density at radius 1 is 1.21 bits per heavy atom. The molecular formula is C33H47N5O4. The van der Waals surface area contributed by atoms with Crippen molar-refractivity contribution in [2.45, 2.75) is 73.1 Å². The number of nitrogens with zero attached hydrogens (tertiary/aromatic N) is 2. The van der Waals surface area contributed by atoms with Crippen LogP contribution in [0.15, 0.2) is 48.8 Å². The fraction of sp³-hybridized carbons (Fsp3) is 0.455. The standard InChI is InChI=1S/C33H45N5O3.H2O/c1-8-26-20-38(19-25-17-36-15-14-29(25)41-26)18-24-16-23(11-10-21(24)3)30(33(5,6)32(39)40-9-2)27-12-13-28(35-7)31(37-34)22(27)4;/h10-17,26,30,35,37H,8-9,18-20,34H2,1-7H3;1H2/t26-,30+;/m1./s1. The van der Waals surface area contributed by atoms with Crippen molar-refractivity contribution in [2.75, 3.05) is 30.9 Å². The summed E-state index contributed by atoms with van der Waals surface area (Å²) in [6, 6.07) is 12.6. The number of aromatic nitrogens is 1. The van der Waals surface area contributed by atoms with E-state index in [1.165, 1.54) is 11.1 Å². The minimum atomic E-state index is -0.839. The molecule has 0 spiro atoms. The Labute approximate surface area is 250 Å². The molecule has 0 bridgehead atoms. The number of nitrogens with two attached hydrogens (primary N) is 1. The van der Waals surface area contributed by atoms with Crippen LogP contribution in [0.4, 0.5) is 11.4 Å². The number of benzene rings is 2. The highest BCUT2D eigenvalue weighted by Gasteiger charge is 2.41. The highest BCUT2D eigenvalue weighted by atomic mass is 16.5. The van der Waals surface area contributed by atoms with E-state index in [4.69, 9.17) is 15.3 Å². The van der Waals surface area contributed by atoms with Crippen LogP contribution >= 0.6 is 0 Å². The molecule has 6 N–H and O–H groups in total. The quantitative estimate of drug-likeness (QED) is 0.172. The largest absolute Gasteiger partial charge is 0.489 e. The molecule has 0 saturated carbocycles. The van der Waals surface area contributed by atoms with Crippen LogP contribution in [0.2, 0.25) is 0 Å². The first-order valence-electron chi connectivity index (χ1n) is 14.5. The van der Waals surface area contributed by atoms with Crippen molar-refractivity contribution >= 4 is 17.3 Å². The summed E-state index contributed by atoms with van der Waals surface area (Å²) in [6.45, 7) is 14.8. The van der Waals surface area contributed by atoms with E-state index >= 15 is 0 Å². The van der Waals surface area contributed by atoms with E-state index in [1.54, 1.807) is 6.20 Å². The molecule has 2 atom stereocenters. The Morgan fingerprint density at radius 2 is 1.98 bits per heavy atom. The molecule has 9 heteroatoms. The highest BCUT2D eigenvalue weighted by molar-refractivity contribution is 5.80. The normalized spacial score (nSPS) is 15.9. The summed E-state index contributed by atoms with van der Waals surface area (Å²) in [6.07, 6.45) is 4.72. The van der Waals surface area contributed by atoms with E-state index in [-0.39, 0.29) is 23.5 Å². The zero-order valence-electron chi connectivity index (χ0n) is 26.0. The minimum absolute atomic E-state index is 0. The van der Waals surface area contributed by atoms with Gasteiger partial charge in [0.1, 0.15) is 11.9 Å². The number of rotatable bonds is 10. The van der Waals surface area contributed by atoms with Gasteiger partial charge in [0.25, 0.3) is 0 Å². The highest BCUT2D eigenvalue weighted by Crippen LogP contribution is 2.46. The van der Waals surface area contributed by atoms with Crippen molar-refractivity contribution in [1.82, 2.24) is 9.88 Å². The number of ether oxygens (including phenoxy) is 2. The second-order valence-corrected chi connectivity index (χ2v) is 11.5. The first-order valence-corrected chi connectivity index (χ1v) is 14.5. The van der Waals surface area contributed by atoms with E-state index in [0.29, 0.717) is 6.61 Å². The van der Waals surface area contributed by atoms with Gasteiger partial charge in [0.15, 0.2) is 0 Å². The lowest BCUT2D eigenvalue weighted by atomic mass is 9.69. The van der Waals surface area contributed by atoms with Gasteiger partial charge in [0, 0.05) is 50.6 Å². The molecule has 42 heavy (non-hydrogen) atoms. The van der Waals surface area contributed by atoms with Crippen LogP contribution in [0, 0.1) is 19.3 Å². The molecule has 2 aromatic carbocycles. The molecule has 0 aliphatic carbocycles. The monoisotopic (exact) mass is 577 g/mol. The van der Waals surface area contributed by atoms with E-state index < -0.39 is 5.41 Å². The molecule has 0 radical (unpaired) electrons. The molecule has 0 fully saturated rings. The molecular weight excluding hydrogens is 530 g/mol. The SMILES string of the molecule is CCOC(=O)C(C)(C)[C@@H](c1ccc(C)c(CN2Cc3cnccc3O[C@H](CC)C2)c1)c1ccc(NC)c(NN)c1C.O. The molecule has 0 amide bonds. The third-order valence-electron chi connectivity index (χ3n) is 8.32. The number of hydrogen-bond donors (Lipinski definition) is 3. The average molecular weight is 578 g/mol. The topological polar surface area (TPSA) is 133 Å². The van der Waals surface area contributed by atoms with Gasteiger partial charge in [-0.3, -0.25) is 20.5 Å². The number of carbonyl (C=O) groups excluding carboxylic acids is 1. The minimum Gasteiger partial charge on any atom is -0.489 e. The first kappa shape index (κ1) is 32.8. The number of esters is 1. The van der Waals surface area contributed by atoms with E-state index in [0.717, 1.165) is 65.4 Å². The van der Waals surface area contributed by atoms with Gasteiger partial charge in [-0.15, -0.1) is 0 Å². The zero-order chi connectivity index (χ0) is 29.7. The first-order chi connectivity index (χ1) is 19.6. The van der Waals surface area contributed by atoms with Crippen molar-refractivity contribution in [1.29, 1.82) is 0 Å². The molecule has 2 heterocycles. The number of carbonyl (C=O) groups is 1. The molecule has 0 unspecified atom stereocenters. The van der Waals surface area contributed by atoms with Crippen LogP contribution in [0.25, 0.3) is 0 Å². The number of aryl methyl sites for hydroxylation is 1. The molecule has 228 valence electrons. The van der Waals surface area contributed by atoms with Crippen LogP contribution in [-0.4, -0.2) is 47.6 Å². The maximum absolute atomic E-state index is 13.4. The van der Waals surface area contributed by atoms with Crippen LogP contribution in [0.5, 0.6) is 5.75 Å². The van der Waals surface area contributed by atoms with Crippen molar-refractivity contribution < 1.29 is 19.7 Å². The maximum Gasteiger partial charge on any atom is 0.312 e. The molecule has 4 rings (SSSR count). The Balaban J connectivity index is 0.00000484. The maximum atomic E-state index is 13.4. The Bertz CT molecular complexity index is 1380. The third kappa shape index (κ3) is 6.69. The summed E-state index contributed by atoms with van der Waals surface area (Å²) in [5.74, 6) is 6.39. The smallest absolute Gasteiger partial charge is 0.312 e. The predicted molar refractivity (Wildman–Crippen MR) is 169 cm³/mol. The number of pyridine rings is 1. The van der Waals surface area contributed by atoms with Crippen LogP contribution in [-0.2, 0) is 22.6 Å². The average Bonchev–Trinajstić information content (AvgIpc) is 3.14. The van der Waals surface area contributed by atoms with Crippen molar-refractivity contribution in [3.05, 3.63) is 82.2 Å². The summed E-state index contributed by atoms with van der Waals surface area (Å²) in [7, 11) is 1.87. The van der Waals surface area contributed by atoms with Crippen molar-refractivity contribution in [3.63, 3.8) is 0 Å². The van der Waals surface area contributed by atoms with Crippen LogP contribution < -0.4 is 21.3 Å². The summed E-state index contributed by atoms with van der Waals surface area (Å²) < 4.78 is 11.9. The molecule has 1 aliphatic rings. The molecule has 9 nitrogen and oxygen atoms in total. The van der Waals surface area contributed by atoms with Gasteiger partial charge in [-0.05, 0) is 81.0 Å². The van der Waals surface area contributed by atoms with E-state index in [2.05, 4.69) is 58.7 Å². The molecule has 1 aliphatic heterocycles. The summed E-state index contributed by atoms with van der Waals surface area (Å²) >= 11 is 0. The molecule has 1 aromatic heterocycles. The molecule has 3 aromatic rings. The summed E-state index contributed by atoms with van der Waals surface area (Å²) in [4.78, 5) is 20.2. The van der Waals surface area contributed by atoms with Crippen molar-refractivity contribution in [2.24, 2.45) is 11.3 Å². The van der Waals surface area contributed by atoms with E-state index in [9.17, 15) is 4.79 Å². The Kier molecular flexibility index (Phi) is 11.0. The van der Waals surface area contributed by atoms with Gasteiger partial charge < -0.3 is 25.7 Å². The van der Waals surface area contributed by atoms with E-state index in [1.807, 2.05) is 53.1 Å². The Hall–Kier alpha value is -3.66. The van der Waals surface area contributed by atoms with Crippen molar-refractivity contribution in [3.8, 4) is 5.75 Å². The number of anilines is 2. The second kappa shape index (κ2) is 14.0. The van der Waals surface area contributed by atoms with Gasteiger partial charge in [-0.1, -0.05) is 31.2 Å². The van der Waals surface area contributed by atoms with Gasteiger partial charge in [-0.25, -0.2) is 0 Å². The Morgan fingerprint density at radius 3 is 2.64 bits per heavy atom. The summed E-state index contributed by atoms with van der Waals surface area (Å²) in [5, 5.41) is 3.20. The zero-order valence-corrected chi connectivity index (χ0v) is 26.0. The number of nitrogen functional groups attached to an aromatic ring is 1. The lowest BCUT2D eigenvalue weighted by Gasteiger charge is -2.35. The molecule has 0 saturated heterocycles. The van der Waals surface area contributed by atoms with Crippen LogP contribution in [0.3, 0.4) is 0 Å². The van der Waals surface area contributed by atoms with Gasteiger partial charge in [0.2, 0.25) is 0 Å². The fourth-order valence-corrected chi connectivity index (χ4v) is 5.93. The van der Waals surface area contributed by atoms with Crippen LogP contribution in [0.1, 0.15) is 73.4 Å². The third-order valence-corrected chi connectivity index (χ3v) is 8.32. The van der Waals surface area contributed by atoms with Gasteiger partial charge >= 0.3 is 5.97 Å². The van der Waals surface area contributed by atoms with Gasteiger partial charge in [0.05, 0.1) is 23.4 Å². The number of fused-ring (bicyclic) bond motifs is 1. The second-order valence-electron chi connectivity index (χ2n) is 11.5. The number of hydrogen-bond acceptors (Lipinski definition) is 8. The lowest BCUT2D eigenvalue weighted by Crippen LogP contribution is -2.35. The number of nitrogens with one attached hydrogen (secondary N) is 2. The van der Waals surface area contributed by atoms with Gasteiger partial charge in [-0.2, -0.15) is 0 Å². The summed E-state index contributed by atoms with van der Waals surface area (Å²) in [5.41, 5.74) is 10.3.